The first kappa shape index (κ1) is 32.0. The van der Waals surface area contributed by atoms with Gasteiger partial charge < -0.3 is 8.98 Å². The molecule has 5 heteroatoms. The minimum Gasteiger partial charge on any atom is -0.456 e. The van der Waals surface area contributed by atoms with Crippen molar-refractivity contribution in [3.05, 3.63) is 200 Å². The van der Waals surface area contributed by atoms with Crippen LogP contribution in [0.3, 0.4) is 0 Å². The molecule has 4 nitrogen and oxygen atoms in total. The molecule has 0 amide bonds. The lowest BCUT2D eigenvalue weighted by atomic mass is 10.1. The van der Waals surface area contributed by atoms with Crippen molar-refractivity contribution < 1.29 is 4.42 Å². The Hall–Kier alpha value is -7.34. The van der Waals surface area contributed by atoms with Crippen molar-refractivity contribution in [2.75, 3.05) is 0 Å². The van der Waals surface area contributed by atoms with Crippen LogP contribution in [0.5, 0.6) is 0 Å². The van der Waals surface area contributed by atoms with Crippen LogP contribution in [0.1, 0.15) is 0 Å². The van der Waals surface area contributed by atoms with Crippen LogP contribution in [0.2, 0.25) is 0 Å². The zero-order chi connectivity index (χ0) is 37.5. The SMILES string of the molecule is c1ccc(-c2nc(-c3cccc(-n4c5ccccc5c5cc6oc7ccccc7c6cc54)c3)nc3c2[Si](c2ccccc2)(c2ccccc2)c2ccccc2-3)cc1. The van der Waals surface area contributed by atoms with Crippen LogP contribution < -0.4 is 20.7 Å². The molecule has 266 valence electrons. The number of para-hydroxylation sites is 2. The summed E-state index contributed by atoms with van der Waals surface area (Å²) in [5.74, 6) is 0.708. The Balaban J connectivity index is 1.13. The molecule has 0 bridgehead atoms. The Morgan fingerprint density at radius 1 is 0.421 bits per heavy atom. The Kier molecular flexibility index (Phi) is 6.91. The molecule has 0 unspecified atom stereocenters. The highest BCUT2D eigenvalue weighted by atomic mass is 28.3. The number of aromatic nitrogens is 3. The first-order chi connectivity index (χ1) is 28.3. The smallest absolute Gasteiger partial charge is 0.185 e. The number of hydrogen-bond donors (Lipinski definition) is 0. The van der Waals surface area contributed by atoms with Gasteiger partial charge in [0.1, 0.15) is 11.2 Å². The van der Waals surface area contributed by atoms with Gasteiger partial charge in [-0.2, -0.15) is 0 Å². The molecule has 11 aromatic rings. The van der Waals surface area contributed by atoms with Crippen molar-refractivity contribution in [2.45, 2.75) is 0 Å². The average Bonchev–Trinajstić information content (AvgIpc) is 3.92. The molecule has 0 atom stereocenters. The molecule has 0 spiro atoms. The fourth-order valence-electron chi connectivity index (χ4n) is 9.49. The van der Waals surface area contributed by atoms with Crippen molar-refractivity contribution in [1.82, 2.24) is 14.5 Å². The van der Waals surface area contributed by atoms with Crippen molar-refractivity contribution >= 4 is 72.6 Å². The minimum atomic E-state index is -2.87. The molecule has 0 aliphatic carbocycles. The van der Waals surface area contributed by atoms with Gasteiger partial charge in [0.05, 0.1) is 22.4 Å². The Morgan fingerprint density at radius 3 is 1.84 bits per heavy atom. The number of benzene rings is 8. The van der Waals surface area contributed by atoms with Gasteiger partial charge in [-0.1, -0.05) is 164 Å². The topological polar surface area (TPSA) is 43.9 Å². The van der Waals surface area contributed by atoms with E-state index in [1.807, 2.05) is 12.1 Å². The van der Waals surface area contributed by atoms with Gasteiger partial charge in [-0.05, 0) is 52.0 Å². The van der Waals surface area contributed by atoms with E-state index >= 15 is 0 Å². The lowest BCUT2D eigenvalue weighted by Crippen LogP contribution is -2.73. The normalized spacial score (nSPS) is 13.1. The predicted molar refractivity (Wildman–Crippen MR) is 237 cm³/mol. The third kappa shape index (κ3) is 4.61. The third-order valence-electron chi connectivity index (χ3n) is 11.9. The molecule has 0 N–H and O–H groups in total. The second-order valence-electron chi connectivity index (χ2n) is 14.9. The average molecular weight is 744 g/mol. The van der Waals surface area contributed by atoms with E-state index in [4.69, 9.17) is 14.4 Å². The quantitative estimate of drug-likeness (QED) is 0.165. The molecule has 0 saturated carbocycles. The van der Waals surface area contributed by atoms with Gasteiger partial charge in [-0.3, -0.25) is 0 Å². The summed E-state index contributed by atoms with van der Waals surface area (Å²) >= 11 is 0. The zero-order valence-corrected chi connectivity index (χ0v) is 31.8. The summed E-state index contributed by atoms with van der Waals surface area (Å²) in [5, 5.41) is 9.79. The monoisotopic (exact) mass is 743 g/mol. The van der Waals surface area contributed by atoms with Gasteiger partial charge in [0.15, 0.2) is 13.9 Å². The van der Waals surface area contributed by atoms with E-state index in [2.05, 4.69) is 193 Å². The summed E-state index contributed by atoms with van der Waals surface area (Å²) in [6.45, 7) is 0. The standard InChI is InChI=1S/C52H33N3OSi/c1-4-17-34(18-5-1)49-51-50(41-27-12-15-30-48(41)57(51,37-21-6-2-7-22-37)38-23-8-3-9-24-38)54-52(53-49)35-19-16-20-36(31-35)55-44-28-13-10-25-39(44)42-33-47-43(32-45(42)55)40-26-11-14-29-46(40)56-47/h1-33H. The molecule has 1 aliphatic rings. The van der Waals surface area contributed by atoms with Gasteiger partial charge >= 0.3 is 0 Å². The van der Waals surface area contributed by atoms with E-state index in [9.17, 15) is 0 Å². The maximum Gasteiger partial charge on any atom is 0.185 e. The van der Waals surface area contributed by atoms with Crippen molar-refractivity contribution in [1.29, 1.82) is 0 Å². The van der Waals surface area contributed by atoms with Crippen LogP contribution in [0.15, 0.2) is 205 Å². The van der Waals surface area contributed by atoms with Crippen LogP contribution in [-0.2, 0) is 0 Å². The fourth-order valence-corrected chi connectivity index (χ4v) is 14.7. The maximum absolute atomic E-state index is 6.36. The molecule has 0 saturated heterocycles. The van der Waals surface area contributed by atoms with Gasteiger partial charge in [-0.25, -0.2) is 9.97 Å². The zero-order valence-electron chi connectivity index (χ0n) is 30.8. The van der Waals surface area contributed by atoms with Gasteiger partial charge in [-0.15, -0.1) is 0 Å². The molecule has 8 aromatic carbocycles. The van der Waals surface area contributed by atoms with E-state index in [0.717, 1.165) is 66.6 Å². The number of hydrogen-bond acceptors (Lipinski definition) is 3. The fraction of sp³-hybridized carbons (Fsp3) is 0. The van der Waals surface area contributed by atoms with Gasteiger partial charge in [0.25, 0.3) is 0 Å². The summed E-state index contributed by atoms with van der Waals surface area (Å²) in [4.78, 5) is 11.2. The molecule has 12 rings (SSSR count). The lowest BCUT2D eigenvalue weighted by molar-refractivity contribution is 0.669. The summed E-state index contributed by atoms with van der Waals surface area (Å²) in [6, 6.07) is 71.9. The number of fused-ring (bicyclic) bond motifs is 9. The van der Waals surface area contributed by atoms with E-state index in [1.54, 1.807) is 0 Å². The number of furan rings is 1. The predicted octanol–water partition coefficient (Wildman–Crippen LogP) is 10.2. The van der Waals surface area contributed by atoms with Crippen molar-refractivity contribution in [3.8, 4) is 39.6 Å². The second kappa shape index (κ2) is 12.3. The van der Waals surface area contributed by atoms with Crippen LogP contribution in [0.4, 0.5) is 0 Å². The molecule has 57 heavy (non-hydrogen) atoms. The first-order valence-electron chi connectivity index (χ1n) is 19.4. The Bertz CT molecular complexity index is 3310. The van der Waals surface area contributed by atoms with E-state index in [-0.39, 0.29) is 0 Å². The molecular formula is C52H33N3OSi. The third-order valence-corrected chi connectivity index (χ3v) is 16.7. The summed E-state index contributed by atoms with van der Waals surface area (Å²) in [7, 11) is -2.87. The largest absolute Gasteiger partial charge is 0.456 e. The molecule has 0 radical (unpaired) electrons. The Morgan fingerprint density at radius 2 is 1.05 bits per heavy atom. The maximum atomic E-state index is 6.36. The van der Waals surface area contributed by atoms with E-state index in [0.29, 0.717) is 5.82 Å². The molecule has 3 aromatic heterocycles. The summed E-state index contributed by atoms with van der Waals surface area (Å²) in [6.07, 6.45) is 0. The van der Waals surface area contributed by atoms with Crippen LogP contribution in [0, 0.1) is 0 Å². The van der Waals surface area contributed by atoms with Crippen molar-refractivity contribution in [3.63, 3.8) is 0 Å². The highest BCUT2D eigenvalue weighted by Crippen LogP contribution is 2.39. The molecule has 0 fully saturated rings. The van der Waals surface area contributed by atoms with Crippen LogP contribution >= 0.6 is 0 Å². The summed E-state index contributed by atoms with van der Waals surface area (Å²) < 4.78 is 8.73. The van der Waals surface area contributed by atoms with Gasteiger partial charge in [0.2, 0.25) is 0 Å². The number of rotatable bonds is 5. The highest BCUT2D eigenvalue weighted by molar-refractivity contribution is 7.22. The van der Waals surface area contributed by atoms with E-state index in [1.165, 1.54) is 31.7 Å². The first-order valence-corrected chi connectivity index (χ1v) is 21.4. The molecule has 1 aliphatic heterocycles. The van der Waals surface area contributed by atoms with Crippen molar-refractivity contribution in [2.24, 2.45) is 0 Å². The second-order valence-corrected chi connectivity index (χ2v) is 18.6. The molecule has 4 heterocycles. The minimum absolute atomic E-state index is 0.708. The summed E-state index contributed by atoms with van der Waals surface area (Å²) in [5.41, 5.74) is 10.3. The Labute approximate surface area is 330 Å². The van der Waals surface area contributed by atoms with Gasteiger partial charge in [0, 0.05) is 49.1 Å². The highest BCUT2D eigenvalue weighted by Gasteiger charge is 2.51. The lowest BCUT2D eigenvalue weighted by Gasteiger charge is -2.32. The van der Waals surface area contributed by atoms with E-state index < -0.39 is 8.07 Å². The van der Waals surface area contributed by atoms with Crippen LogP contribution in [0.25, 0.3) is 83.3 Å². The van der Waals surface area contributed by atoms with Crippen LogP contribution in [-0.4, -0.2) is 22.6 Å². The number of nitrogens with zero attached hydrogens (tertiary/aromatic N) is 3. The molecular weight excluding hydrogens is 711 g/mol.